The second-order valence-corrected chi connectivity index (χ2v) is 6.24. The molecule has 1 saturated heterocycles. The maximum absolute atomic E-state index is 5.65. The van der Waals surface area contributed by atoms with Gasteiger partial charge in [0.1, 0.15) is 5.75 Å². The number of thioether (sulfide) groups is 1. The van der Waals surface area contributed by atoms with Gasteiger partial charge in [-0.1, -0.05) is 0 Å². The van der Waals surface area contributed by atoms with Gasteiger partial charge in [0.2, 0.25) is 0 Å². The van der Waals surface area contributed by atoms with Gasteiger partial charge in [0.25, 0.3) is 0 Å². The van der Waals surface area contributed by atoms with Crippen molar-refractivity contribution in [3.8, 4) is 5.75 Å². The summed E-state index contributed by atoms with van der Waals surface area (Å²) in [5.74, 6) is 3.09. The van der Waals surface area contributed by atoms with Gasteiger partial charge in [-0.3, -0.25) is 0 Å². The van der Waals surface area contributed by atoms with Crippen LogP contribution in [0.2, 0.25) is 0 Å². The Morgan fingerprint density at radius 3 is 2.50 bits per heavy atom. The molecular weight excluding hydrogens is 242 g/mol. The number of piperidine rings is 1. The molecule has 0 bridgehead atoms. The smallest absolute Gasteiger partial charge is 0.119 e. The fraction of sp³-hybridized carbons (Fsp3) is 0.600. The SMILES string of the molecule is CC(C)Oc1ccc(SCC2CCNCC2)cc1. The van der Waals surface area contributed by atoms with E-state index in [4.69, 9.17) is 4.74 Å². The minimum Gasteiger partial charge on any atom is -0.491 e. The highest BCUT2D eigenvalue weighted by Gasteiger charge is 2.12. The zero-order chi connectivity index (χ0) is 12.8. The van der Waals surface area contributed by atoms with E-state index in [0.29, 0.717) is 0 Å². The van der Waals surface area contributed by atoms with Crippen LogP contribution in [0.5, 0.6) is 5.75 Å². The standard InChI is InChI=1S/C15H23NOS/c1-12(2)17-14-3-5-15(6-4-14)18-11-13-7-9-16-10-8-13/h3-6,12-13,16H,7-11H2,1-2H3. The first-order valence-corrected chi connectivity index (χ1v) is 7.83. The highest BCUT2D eigenvalue weighted by atomic mass is 32.2. The van der Waals surface area contributed by atoms with E-state index in [1.807, 2.05) is 11.8 Å². The Labute approximate surface area is 114 Å². The lowest BCUT2D eigenvalue weighted by Gasteiger charge is -2.22. The molecule has 1 N–H and O–H groups in total. The Morgan fingerprint density at radius 2 is 1.89 bits per heavy atom. The number of hydrogen-bond donors (Lipinski definition) is 1. The van der Waals surface area contributed by atoms with Crippen molar-refractivity contribution in [1.29, 1.82) is 0 Å². The molecule has 2 rings (SSSR count). The van der Waals surface area contributed by atoms with Crippen molar-refractivity contribution in [2.75, 3.05) is 18.8 Å². The summed E-state index contributed by atoms with van der Waals surface area (Å²) in [5, 5.41) is 3.41. The van der Waals surface area contributed by atoms with Crippen LogP contribution in [-0.4, -0.2) is 24.9 Å². The fourth-order valence-corrected chi connectivity index (χ4v) is 3.24. The number of benzene rings is 1. The number of nitrogens with one attached hydrogen (secondary N) is 1. The first-order chi connectivity index (χ1) is 8.74. The van der Waals surface area contributed by atoms with Crippen molar-refractivity contribution in [3.63, 3.8) is 0 Å². The van der Waals surface area contributed by atoms with Gasteiger partial charge in [0.05, 0.1) is 6.10 Å². The van der Waals surface area contributed by atoms with Crippen LogP contribution in [0.3, 0.4) is 0 Å². The van der Waals surface area contributed by atoms with E-state index in [1.54, 1.807) is 0 Å². The van der Waals surface area contributed by atoms with Crippen LogP contribution in [0, 0.1) is 5.92 Å². The van der Waals surface area contributed by atoms with Crippen molar-refractivity contribution >= 4 is 11.8 Å². The molecule has 100 valence electrons. The monoisotopic (exact) mass is 265 g/mol. The first kappa shape index (κ1) is 13.8. The first-order valence-electron chi connectivity index (χ1n) is 6.84. The van der Waals surface area contributed by atoms with Gasteiger partial charge in [-0.25, -0.2) is 0 Å². The molecule has 0 aromatic heterocycles. The normalized spacial score (nSPS) is 17.1. The molecule has 1 aliphatic rings. The molecule has 2 nitrogen and oxygen atoms in total. The molecule has 18 heavy (non-hydrogen) atoms. The highest BCUT2D eigenvalue weighted by molar-refractivity contribution is 7.99. The second kappa shape index (κ2) is 7.05. The van der Waals surface area contributed by atoms with E-state index in [2.05, 4.69) is 43.4 Å². The average Bonchev–Trinajstić information content (AvgIpc) is 2.38. The van der Waals surface area contributed by atoms with Crippen LogP contribution in [0.15, 0.2) is 29.2 Å². The number of rotatable bonds is 5. The molecular formula is C15H23NOS. The number of hydrogen-bond acceptors (Lipinski definition) is 3. The van der Waals surface area contributed by atoms with Gasteiger partial charge < -0.3 is 10.1 Å². The molecule has 3 heteroatoms. The third kappa shape index (κ3) is 4.54. The lowest BCUT2D eigenvalue weighted by Crippen LogP contribution is -2.28. The van der Waals surface area contributed by atoms with Gasteiger partial charge in [-0.05, 0) is 70.0 Å². The molecule has 1 aromatic rings. The van der Waals surface area contributed by atoms with Crippen molar-refractivity contribution in [3.05, 3.63) is 24.3 Å². The molecule has 0 amide bonds. The van der Waals surface area contributed by atoms with Crippen LogP contribution in [-0.2, 0) is 0 Å². The molecule has 0 spiro atoms. The summed E-state index contributed by atoms with van der Waals surface area (Å²) in [5.41, 5.74) is 0. The summed E-state index contributed by atoms with van der Waals surface area (Å²) in [6.45, 7) is 6.48. The van der Waals surface area contributed by atoms with Gasteiger partial charge in [-0.2, -0.15) is 0 Å². The Morgan fingerprint density at radius 1 is 1.22 bits per heavy atom. The van der Waals surface area contributed by atoms with E-state index in [1.165, 1.54) is 36.6 Å². The van der Waals surface area contributed by atoms with Gasteiger partial charge >= 0.3 is 0 Å². The van der Waals surface area contributed by atoms with Crippen LogP contribution >= 0.6 is 11.8 Å². The Kier molecular flexibility index (Phi) is 5.39. The van der Waals surface area contributed by atoms with E-state index in [-0.39, 0.29) is 6.10 Å². The van der Waals surface area contributed by atoms with Crippen molar-refractivity contribution < 1.29 is 4.74 Å². The maximum Gasteiger partial charge on any atom is 0.119 e. The predicted molar refractivity (Wildman–Crippen MR) is 78.5 cm³/mol. The van der Waals surface area contributed by atoms with Crippen LogP contribution in [0.1, 0.15) is 26.7 Å². The lowest BCUT2D eigenvalue weighted by molar-refractivity contribution is 0.242. The molecule has 1 heterocycles. The summed E-state index contributed by atoms with van der Waals surface area (Å²) in [6, 6.07) is 8.49. The highest BCUT2D eigenvalue weighted by Crippen LogP contribution is 2.26. The van der Waals surface area contributed by atoms with Gasteiger partial charge in [0, 0.05) is 10.6 Å². The Hall–Kier alpha value is -0.670. The number of ether oxygens (including phenoxy) is 1. The van der Waals surface area contributed by atoms with Crippen molar-refractivity contribution in [2.45, 2.75) is 37.7 Å². The van der Waals surface area contributed by atoms with Crippen LogP contribution in [0.4, 0.5) is 0 Å². The third-order valence-electron chi connectivity index (χ3n) is 3.14. The van der Waals surface area contributed by atoms with E-state index in [0.717, 1.165) is 11.7 Å². The van der Waals surface area contributed by atoms with Crippen LogP contribution in [0.25, 0.3) is 0 Å². The average molecular weight is 265 g/mol. The summed E-state index contributed by atoms with van der Waals surface area (Å²) >= 11 is 1.97. The van der Waals surface area contributed by atoms with Crippen LogP contribution < -0.4 is 10.1 Å². The topological polar surface area (TPSA) is 21.3 Å². The van der Waals surface area contributed by atoms with Crippen molar-refractivity contribution in [2.24, 2.45) is 5.92 Å². The summed E-state index contributed by atoms with van der Waals surface area (Å²) in [6.07, 6.45) is 2.89. The minimum atomic E-state index is 0.248. The van der Waals surface area contributed by atoms with Gasteiger partial charge in [-0.15, -0.1) is 11.8 Å². The summed E-state index contributed by atoms with van der Waals surface area (Å²) in [7, 11) is 0. The molecule has 0 aliphatic carbocycles. The molecule has 1 aromatic carbocycles. The molecule has 1 aliphatic heterocycles. The molecule has 1 fully saturated rings. The van der Waals surface area contributed by atoms with E-state index >= 15 is 0 Å². The minimum absolute atomic E-state index is 0.248. The maximum atomic E-state index is 5.65. The van der Waals surface area contributed by atoms with E-state index < -0.39 is 0 Å². The summed E-state index contributed by atoms with van der Waals surface area (Å²) in [4.78, 5) is 1.35. The van der Waals surface area contributed by atoms with Crippen molar-refractivity contribution in [1.82, 2.24) is 5.32 Å². The zero-order valence-corrected chi connectivity index (χ0v) is 12.1. The van der Waals surface area contributed by atoms with Gasteiger partial charge in [0.15, 0.2) is 0 Å². The summed E-state index contributed by atoms with van der Waals surface area (Å²) < 4.78 is 5.65. The molecule has 0 radical (unpaired) electrons. The largest absolute Gasteiger partial charge is 0.491 e. The Bertz CT molecular complexity index is 344. The lowest BCUT2D eigenvalue weighted by atomic mass is 10.0. The molecule has 0 unspecified atom stereocenters. The Balaban J connectivity index is 1.78. The predicted octanol–water partition coefficient (Wildman–Crippen LogP) is 3.57. The quantitative estimate of drug-likeness (QED) is 0.822. The molecule has 0 atom stereocenters. The third-order valence-corrected chi connectivity index (χ3v) is 4.38. The second-order valence-electron chi connectivity index (χ2n) is 5.14. The zero-order valence-electron chi connectivity index (χ0n) is 11.3. The van der Waals surface area contributed by atoms with E-state index in [9.17, 15) is 0 Å². The fourth-order valence-electron chi connectivity index (χ4n) is 2.15. The molecule has 0 saturated carbocycles.